The second-order valence-electron chi connectivity index (χ2n) is 6.59. The molecule has 0 amide bonds. The molecule has 5 N–H and O–H groups in total. The van der Waals surface area contributed by atoms with Gasteiger partial charge in [0, 0.05) is 11.2 Å². The maximum absolute atomic E-state index is 5.80. The molecule has 0 fully saturated rings. The number of nitrogens with one attached hydrogen (secondary N) is 1. The van der Waals surface area contributed by atoms with Crippen LogP contribution in [0.15, 0.2) is 18.2 Å². The molecule has 0 heterocycles. The Bertz CT molecular complexity index is 389. The third kappa shape index (κ3) is 4.55. The van der Waals surface area contributed by atoms with Crippen LogP contribution in [-0.4, -0.2) is 5.54 Å². The van der Waals surface area contributed by atoms with Crippen LogP contribution >= 0.6 is 0 Å². The SMILES string of the molecule is CC(C)(C)CC(C)(C)Nc1ccc(N)c(N)c1. The summed E-state index contributed by atoms with van der Waals surface area (Å²) in [6, 6.07) is 5.70. The molecule has 96 valence electrons. The Morgan fingerprint density at radius 3 is 2.06 bits per heavy atom. The van der Waals surface area contributed by atoms with Gasteiger partial charge in [0.2, 0.25) is 0 Å². The molecular formula is C14H25N3. The summed E-state index contributed by atoms with van der Waals surface area (Å²) >= 11 is 0. The first-order valence-electron chi connectivity index (χ1n) is 6.02. The standard InChI is InChI=1S/C14H25N3/c1-13(2,3)9-14(4,5)17-10-6-7-11(15)12(16)8-10/h6-8,17H,9,15-16H2,1-5H3. The minimum atomic E-state index is 0.0286. The molecule has 0 spiro atoms. The Hall–Kier alpha value is -1.38. The number of benzene rings is 1. The summed E-state index contributed by atoms with van der Waals surface area (Å²) < 4.78 is 0. The van der Waals surface area contributed by atoms with E-state index in [1.165, 1.54) is 0 Å². The molecule has 0 aliphatic carbocycles. The quantitative estimate of drug-likeness (QED) is 0.703. The number of rotatable bonds is 3. The van der Waals surface area contributed by atoms with Gasteiger partial charge in [-0.1, -0.05) is 20.8 Å². The molecule has 0 saturated carbocycles. The van der Waals surface area contributed by atoms with Crippen molar-refractivity contribution < 1.29 is 0 Å². The highest BCUT2D eigenvalue weighted by molar-refractivity contribution is 5.69. The molecule has 0 aliphatic rings. The summed E-state index contributed by atoms with van der Waals surface area (Å²) in [4.78, 5) is 0. The zero-order valence-electron chi connectivity index (χ0n) is 11.6. The second kappa shape index (κ2) is 4.47. The van der Waals surface area contributed by atoms with Gasteiger partial charge in [-0.15, -0.1) is 0 Å². The zero-order valence-corrected chi connectivity index (χ0v) is 11.6. The zero-order chi connectivity index (χ0) is 13.3. The molecule has 0 bridgehead atoms. The monoisotopic (exact) mass is 235 g/mol. The average molecular weight is 235 g/mol. The van der Waals surface area contributed by atoms with Gasteiger partial charge in [0.1, 0.15) is 0 Å². The van der Waals surface area contributed by atoms with Gasteiger partial charge in [-0.25, -0.2) is 0 Å². The number of nitrogens with two attached hydrogens (primary N) is 2. The first-order valence-corrected chi connectivity index (χ1v) is 6.02. The van der Waals surface area contributed by atoms with Crippen LogP contribution in [0.5, 0.6) is 0 Å². The molecule has 17 heavy (non-hydrogen) atoms. The molecule has 3 heteroatoms. The van der Waals surface area contributed by atoms with Gasteiger partial charge in [0.25, 0.3) is 0 Å². The lowest BCUT2D eigenvalue weighted by atomic mass is 9.81. The molecule has 3 nitrogen and oxygen atoms in total. The molecule has 0 aliphatic heterocycles. The predicted octanol–water partition coefficient (Wildman–Crippen LogP) is 3.48. The Kier molecular flexibility index (Phi) is 3.60. The lowest BCUT2D eigenvalue weighted by Crippen LogP contribution is -2.35. The molecule has 1 aromatic carbocycles. The van der Waals surface area contributed by atoms with Gasteiger partial charge >= 0.3 is 0 Å². The second-order valence-corrected chi connectivity index (χ2v) is 6.59. The molecule has 1 rings (SSSR count). The van der Waals surface area contributed by atoms with Crippen LogP contribution in [0.2, 0.25) is 0 Å². The molecule has 0 aromatic heterocycles. The van der Waals surface area contributed by atoms with E-state index in [4.69, 9.17) is 11.5 Å². The van der Waals surface area contributed by atoms with E-state index in [2.05, 4.69) is 39.9 Å². The third-order valence-corrected chi connectivity index (χ3v) is 2.54. The van der Waals surface area contributed by atoms with E-state index in [1.54, 1.807) is 0 Å². The summed E-state index contributed by atoms with van der Waals surface area (Å²) in [5.74, 6) is 0. The van der Waals surface area contributed by atoms with Crippen LogP contribution in [-0.2, 0) is 0 Å². The van der Waals surface area contributed by atoms with E-state index >= 15 is 0 Å². The van der Waals surface area contributed by atoms with Crippen molar-refractivity contribution in [2.24, 2.45) is 5.41 Å². The largest absolute Gasteiger partial charge is 0.397 e. The third-order valence-electron chi connectivity index (χ3n) is 2.54. The molecule has 0 saturated heterocycles. The number of hydrogen-bond donors (Lipinski definition) is 3. The van der Waals surface area contributed by atoms with Crippen molar-refractivity contribution in [2.75, 3.05) is 16.8 Å². The molecule has 0 radical (unpaired) electrons. The maximum Gasteiger partial charge on any atom is 0.0568 e. The Morgan fingerprint density at radius 1 is 1.00 bits per heavy atom. The van der Waals surface area contributed by atoms with Gasteiger partial charge in [0.15, 0.2) is 0 Å². The summed E-state index contributed by atoms with van der Waals surface area (Å²) in [5.41, 5.74) is 14.1. The van der Waals surface area contributed by atoms with Crippen LogP contribution in [0.25, 0.3) is 0 Å². The van der Waals surface area contributed by atoms with E-state index < -0.39 is 0 Å². The fourth-order valence-corrected chi connectivity index (χ4v) is 2.41. The highest BCUT2D eigenvalue weighted by atomic mass is 15.0. The van der Waals surface area contributed by atoms with E-state index in [1.807, 2.05) is 18.2 Å². The number of anilines is 3. The van der Waals surface area contributed by atoms with Crippen molar-refractivity contribution in [3.8, 4) is 0 Å². The molecule has 0 atom stereocenters. The van der Waals surface area contributed by atoms with E-state index in [0.29, 0.717) is 11.4 Å². The summed E-state index contributed by atoms with van der Waals surface area (Å²) in [5, 5.41) is 3.51. The lowest BCUT2D eigenvalue weighted by Gasteiger charge is -2.34. The summed E-state index contributed by atoms with van der Waals surface area (Å²) in [7, 11) is 0. The minimum absolute atomic E-state index is 0.0286. The van der Waals surface area contributed by atoms with E-state index in [9.17, 15) is 0 Å². The van der Waals surface area contributed by atoms with E-state index in [0.717, 1.165) is 12.1 Å². The van der Waals surface area contributed by atoms with Gasteiger partial charge in [-0.3, -0.25) is 0 Å². The topological polar surface area (TPSA) is 64.1 Å². The smallest absolute Gasteiger partial charge is 0.0568 e. The Labute approximate surface area is 105 Å². The van der Waals surface area contributed by atoms with Crippen molar-refractivity contribution in [3.63, 3.8) is 0 Å². The van der Waals surface area contributed by atoms with Crippen LogP contribution < -0.4 is 16.8 Å². The highest BCUT2D eigenvalue weighted by Crippen LogP contribution is 2.30. The fourth-order valence-electron chi connectivity index (χ4n) is 2.41. The summed E-state index contributed by atoms with van der Waals surface area (Å²) in [6.07, 6.45) is 1.07. The van der Waals surface area contributed by atoms with Crippen LogP contribution in [0.3, 0.4) is 0 Å². The molecular weight excluding hydrogens is 210 g/mol. The molecule has 1 aromatic rings. The first-order chi connectivity index (χ1) is 7.59. The number of hydrogen-bond acceptors (Lipinski definition) is 3. The average Bonchev–Trinajstić information content (AvgIpc) is 2.06. The first kappa shape index (κ1) is 13.7. The van der Waals surface area contributed by atoms with Crippen molar-refractivity contribution in [2.45, 2.75) is 46.6 Å². The van der Waals surface area contributed by atoms with Gasteiger partial charge in [-0.2, -0.15) is 0 Å². The van der Waals surface area contributed by atoms with Gasteiger partial charge < -0.3 is 16.8 Å². The van der Waals surface area contributed by atoms with Gasteiger partial charge in [0.05, 0.1) is 11.4 Å². The highest BCUT2D eigenvalue weighted by Gasteiger charge is 2.25. The predicted molar refractivity (Wildman–Crippen MR) is 77.0 cm³/mol. The van der Waals surface area contributed by atoms with Crippen LogP contribution in [0.1, 0.15) is 41.0 Å². The van der Waals surface area contributed by atoms with Crippen molar-refractivity contribution in [1.82, 2.24) is 0 Å². The Morgan fingerprint density at radius 2 is 1.59 bits per heavy atom. The van der Waals surface area contributed by atoms with Crippen molar-refractivity contribution >= 4 is 17.1 Å². The normalized spacial score (nSPS) is 12.5. The molecule has 0 unspecified atom stereocenters. The summed E-state index contributed by atoms with van der Waals surface area (Å²) in [6.45, 7) is 11.1. The maximum atomic E-state index is 5.80. The van der Waals surface area contributed by atoms with Crippen LogP contribution in [0.4, 0.5) is 17.1 Å². The Balaban J connectivity index is 2.79. The number of nitrogen functional groups attached to an aromatic ring is 2. The lowest BCUT2D eigenvalue weighted by molar-refractivity contribution is 0.302. The van der Waals surface area contributed by atoms with Gasteiger partial charge in [-0.05, 0) is 43.9 Å². The van der Waals surface area contributed by atoms with Crippen molar-refractivity contribution in [1.29, 1.82) is 0 Å². The van der Waals surface area contributed by atoms with Crippen LogP contribution in [0, 0.1) is 5.41 Å². The fraction of sp³-hybridized carbons (Fsp3) is 0.571. The van der Waals surface area contributed by atoms with E-state index in [-0.39, 0.29) is 11.0 Å². The van der Waals surface area contributed by atoms with Crippen molar-refractivity contribution in [3.05, 3.63) is 18.2 Å². The minimum Gasteiger partial charge on any atom is -0.397 e.